The van der Waals surface area contributed by atoms with Crippen LogP contribution in [0.3, 0.4) is 0 Å². The van der Waals surface area contributed by atoms with Crippen LogP contribution in [-0.2, 0) is 4.79 Å². The number of hydrogen-bond donors (Lipinski definition) is 3. The van der Waals surface area contributed by atoms with Gasteiger partial charge in [0, 0.05) is 6.42 Å². The molecule has 3 aliphatic carbocycles. The summed E-state index contributed by atoms with van der Waals surface area (Å²) < 4.78 is 0. The smallest absolute Gasteiger partial charge is 0.303 e. The highest BCUT2D eigenvalue weighted by atomic mass is 16.4. The molecule has 3 fully saturated rings. The summed E-state index contributed by atoms with van der Waals surface area (Å²) in [5.41, 5.74) is 1.35. The molecule has 0 spiro atoms. The van der Waals surface area contributed by atoms with E-state index in [1.54, 1.807) is 0 Å². The van der Waals surface area contributed by atoms with Crippen LogP contribution in [0, 0.1) is 41.4 Å². The monoisotopic (exact) mass is 388 g/mol. The maximum atomic E-state index is 10.8. The zero-order valence-electron chi connectivity index (χ0n) is 17.1. The second kappa shape index (κ2) is 9.94. The molecule has 6 atom stereocenters. The van der Waals surface area contributed by atoms with Crippen LogP contribution in [0.2, 0.25) is 0 Å². The highest BCUT2D eigenvalue weighted by molar-refractivity contribution is 5.66. The number of carboxylic acids is 1. The van der Waals surface area contributed by atoms with Crippen LogP contribution in [0.5, 0.6) is 0 Å². The van der Waals surface area contributed by atoms with Crippen molar-refractivity contribution < 1.29 is 20.1 Å². The van der Waals surface area contributed by atoms with Crippen molar-refractivity contribution in [2.75, 3.05) is 0 Å². The molecule has 0 aromatic rings. The van der Waals surface area contributed by atoms with Gasteiger partial charge in [0.2, 0.25) is 0 Å². The third-order valence-electron chi connectivity index (χ3n) is 7.33. The molecule has 0 bridgehead atoms. The van der Waals surface area contributed by atoms with E-state index >= 15 is 0 Å². The molecule has 0 aromatic heterocycles. The van der Waals surface area contributed by atoms with Crippen molar-refractivity contribution in [1.82, 2.24) is 0 Å². The predicted octanol–water partition coefficient (Wildman–Crippen LogP) is 4.16. The Morgan fingerprint density at radius 1 is 1.14 bits per heavy atom. The summed E-state index contributed by atoms with van der Waals surface area (Å²) >= 11 is 0. The zero-order chi connectivity index (χ0) is 20.1. The number of aliphatic hydroxyl groups is 2. The van der Waals surface area contributed by atoms with Crippen LogP contribution < -0.4 is 0 Å². The SMILES string of the molecule is CC1C(=CCCC(=O)O)[C@H]2CC[C@@H](O)[C@H](C#CC(O)C3CCCCCCC3)[C@@H]12. The van der Waals surface area contributed by atoms with Gasteiger partial charge in [0.25, 0.3) is 0 Å². The maximum absolute atomic E-state index is 10.8. The average Bonchev–Trinajstić information content (AvgIpc) is 2.63. The average molecular weight is 389 g/mol. The first-order valence-corrected chi connectivity index (χ1v) is 11.3. The second-order valence-electron chi connectivity index (χ2n) is 9.12. The Labute approximate surface area is 169 Å². The van der Waals surface area contributed by atoms with Gasteiger partial charge < -0.3 is 15.3 Å². The second-order valence-corrected chi connectivity index (χ2v) is 9.12. The van der Waals surface area contributed by atoms with E-state index in [2.05, 4.69) is 24.8 Å². The van der Waals surface area contributed by atoms with Gasteiger partial charge in [0.1, 0.15) is 6.10 Å². The fourth-order valence-corrected chi connectivity index (χ4v) is 5.71. The number of aliphatic carboxylic acids is 1. The molecular weight excluding hydrogens is 352 g/mol. The van der Waals surface area contributed by atoms with Crippen molar-refractivity contribution in [2.45, 2.75) is 89.8 Å². The predicted molar refractivity (Wildman–Crippen MR) is 109 cm³/mol. The molecule has 4 nitrogen and oxygen atoms in total. The van der Waals surface area contributed by atoms with Crippen LogP contribution >= 0.6 is 0 Å². The van der Waals surface area contributed by atoms with Gasteiger partial charge in [-0.1, -0.05) is 62.5 Å². The van der Waals surface area contributed by atoms with Crippen molar-refractivity contribution in [3.8, 4) is 11.8 Å². The van der Waals surface area contributed by atoms with Crippen LogP contribution in [0.15, 0.2) is 11.6 Å². The highest BCUT2D eigenvalue weighted by Crippen LogP contribution is 2.55. The first-order valence-electron chi connectivity index (χ1n) is 11.3. The summed E-state index contributed by atoms with van der Waals surface area (Å²) in [6.45, 7) is 2.17. The zero-order valence-corrected chi connectivity index (χ0v) is 17.1. The number of rotatable bonds is 4. The molecule has 3 N–H and O–H groups in total. The van der Waals surface area contributed by atoms with E-state index in [0.717, 1.165) is 25.7 Å². The lowest BCUT2D eigenvalue weighted by Crippen LogP contribution is -2.50. The van der Waals surface area contributed by atoms with Crippen molar-refractivity contribution in [2.24, 2.45) is 29.6 Å². The summed E-state index contributed by atoms with van der Waals surface area (Å²) in [5.74, 6) is 6.95. The van der Waals surface area contributed by atoms with Gasteiger partial charge in [-0.25, -0.2) is 0 Å². The van der Waals surface area contributed by atoms with Gasteiger partial charge in [0.05, 0.1) is 12.0 Å². The molecule has 0 saturated heterocycles. The van der Waals surface area contributed by atoms with Crippen LogP contribution in [0.1, 0.15) is 77.6 Å². The molecule has 3 aliphatic rings. The number of aliphatic hydroxyl groups excluding tert-OH is 2. The summed E-state index contributed by atoms with van der Waals surface area (Å²) in [6, 6.07) is 0. The first kappa shape index (κ1) is 21.4. The van der Waals surface area contributed by atoms with Crippen LogP contribution in [0.4, 0.5) is 0 Å². The van der Waals surface area contributed by atoms with Gasteiger partial charge in [-0.3, -0.25) is 4.79 Å². The molecule has 3 rings (SSSR count). The van der Waals surface area contributed by atoms with Crippen molar-refractivity contribution in [3.05, 3.63) is 11.6 Å². The molecule has 0 radical (unpaired) electrons. The minimum absolute atomic E-state index is 0.0754. The number of fused-ring (bicyclic) bond motifs is 1. The van der Waals surface area contributed by atoms with Gasteiger partial charge >= 0.3 is 5.97 Å². The quantitative estimate of drug-likeness (QED) is 0.499. The van der Waals surface area contributed by atoms with E-state index in [1.165, 1.54) is 37.7 Å². The van der Waals surface area contributed by atoms with Gasteiger partial charge in [-0.15, -0.1) is 0 Å². The van der Waals surface area contributed by atoms with Crippen LogP contribution in [-0.4, -0.2) is 33.5 Å². The first-order chi connectivity index (χ1) is 13.5. The summed E-state index contributed by atoms with van der Waals surface area (Å²) in [7, 11) is 0. The van der Waals surface area contributed by atoms with Crippen molar-refractivity contribution in [3.63, 3.8) is 0 Å². The van der Waals surface area contributed by atoms with E-state index in [1.807, 2.05) is 0 Å². The topological polar surface area (TPSA) is 77.8 Å². The highest BCUT2D eigenvalue weighted by Gasteiger charge is 2.51. The number of hydrogen-bond acceptors (Lipinski definition) is 3. The number of carbonyl (C=O) groups is 1. The van der Waals surface area contributed by atoms with Crippen molar-refractivity contribution >= 4 is 5.97 Å². The van der Waals surface area contributed by atoms with E-state index < -0.39 is 18.2 Å². The number of allylic oxidation sites excluding steroid dienone is 2. The Balaban J connectivity index is 1.63. The normalized spacial score (nSPS) is 36.2. The Hall–Kier alpha value is -1.31. The molecule has 0 heterocycles. The maximum Gasteiger partial charge on any atom is 0.303 e. The lowest BCUT2D eigenvalue weighted by atomic mass is 9.51. The third kappa shape index (κ3) is 4.99. The number of carboxylic acid groups (broad SMARTS) is 1. The molecule has 2 unspecified atom stereocenters. The minimum atomic E-state index is -0.758. The standard InChI is InChI=1S/C24H36O4/c1-16-18(10-7-11-23(27)28)19-12-15-22(26)20(24(16)19)13-14-21(25)17-8-5-3-2-4-6-9-17/h10,16-17,19-22,24-26H,2-9,11-12,15H2,1H3,(H,27,28)/t16?,19-,20+,21?,22-,24+/m1/s1. The Morgan fingerprint density at radius 2 is 1.82 bits per heavy atom. The fourth-order valence-electron chi connectivity index (χ4n) is 5.71. The molecule has 28 heavy (non-hydrogen) atoms. The van der Waals surface area contributed by atoms with E-state index in [9.17, 15) is 15.0 Å². The van der Waals surface area contributed by atoms with E-state index in [0.29, 0.717) is 24.2 Å². The minimum Gasteiger partial charge on any atom is -0.481 e. The van der Waals surface area contributed by atoms with E-state index in [-0.39, 0.29) is 18.3 Å². The summed E-state index contributed by atoms with van der Waals surface area (Å²) in [4.78, 5) is 10.8. The molecule has 3 saturated carbocycles. The largest absolute Gasteiger partial charge is 0.481 e. The lowest BCUT2D eigenvalue weighted by Gasteiger charge is -2.53. The van der Waals surface area contributed by atoms with Gasteiger partial charge in [0.15, 0.2) is 0 Å². The molecule has 0 amide bonds. The van der Waals surface area contributed by atoms with Crippen molar-refractivity contribution in [1.29, 1.82) is 0 Å². The molecule has 0 aliphatic heterocycles. The summed E-state index contributed by atoms with van der Waals surface area (Å²) in [6.07, 6.45) is 11.9. The third-order valence-corrected chi connectivity index (χ3v) is 7.33. The Morgan fingerprint density at radius 3 is 2.50 bits per heavy atom. The lowest BCUT2D eigenvalue weighted by molar-refractivity contribution is -0.136. The molecule has 4 heteroatoms. The van der Waals surface area contributed by atoms with Gasteiger partial charge in [-0.2, -0.15) is 0 Å². The summed E-state index contributed by atoms with van der Waals surface area (Å²) in [5, 5.41) is 30.1. The van der Waals surface area contributed by atoms with E-state index in [4.69, 9.17) is 5.11 Å². The molecule has 156 valence electrons. The Bertz CT molecular complexity index is 620. The van der Waals surface area contributed by atoms with Gasteiger partial charge in [-0.05, 0) is 55.8 Å². The fraction of sp³-hybridized carbons (Fsp3) is 0.792. The van der Waals surface area contributed by atoms with Crippen LogP contribution in [0.25, 0.3) is 0 Å². The Kier molecular flexibility index (Phi) is 7.60. The molecule has 0 aromatic carbocycles. The molecular formula is C24H36O4.